The van der Waals surface area contributed by atoms with Crippen molar-refractivity contribution in [1.29, 1.82) is 0 Å². The van der Waals surface area contributed by atoms with Crippen molar-refractivity contribution in [3.8, 4) is 0 Å². The molecule has 20 heavy (non-hydrogen) atoms. The first-order valence-electron chi connectivity index (χ1n) is 7.70. The number of halogens is 1. The molecule has 0 aliphatic heterocycles. The summed E-state index contributed by atoms with van der Waals surface area (Å²) in [7, 11) is 0. The second kappa shape index (κ2) is 7.63. The first-order chi connectivity index (χ1) is 9.38. The van der Waals surface area contributed by atoms with E-state index >= 15 is 0 Å². The van der Waals surface area contributed by atoms with Crippen LogP contribution in [-0.4, -0.2) is 12.6 Å². The summed E-state index contributed by atoms with van der Waals surface area (Å²) >= 11 is 0. The first kappa shape index (κ1) is 17.0. The summed E-state index contributed by atoms with van der Waals surface area (Å²) in [6.45, 7) is 11.3. The molecule has 0 amide bonds. The smallest absolute Gasteiger partial charge is 0.126 e. The van der Waals surface area contributed by atoms with Crippen molar-refractivity contribution >= 4 is 5.69 Å². The molecule has 0 bridgehead atoms. The number of aryl methyl sites for hydroxylation is 1. The van der Waals surface area contributed by atoms with Crippen molar-refractivity contribution in [2.45, 2.75) is 66.0 Å². The summed E-state index contributed by atoms with van der Waals surface area (Å²) in [5.74, 6) is -0.168. The number of unbranched alkanes of at least 4 members (excludes halogenated alkanes) is 2. The fourth-order valence-electron chi connectivity index (χ4n) is 2.48. The highest BCUT2D eigenvalue weighted by Crippen LogP contribution is 2.30. The molecule has 1 aromatic carbocycles. The monoisotopic (exact) mass is 280 g/mol. The zero-order valence-corrected chi connectivity index (χ0v) is 13.5. The molecule has 2 N–H and O–H groups in total. The van der Waals surface area contributed by atoms with Crippen LogP contribution in [0.25, 0.3) is 0 Å². The average Bonchev–Trinajstić information content (AvgIpc) is 2.37. The highest BCUT2D eigenvalue weighted by molar-refractivity contribution is 5.57. The highest BCUT2D eigenvalue weighted by Gasteiger charge is 2.18. The summed E-state index contributed by atoms with van der Waals surface area (Å²) in [6.07, 6.45) is 3.58. The first-order valence-corrected chi connectivity index (χ1v) is 7.70. The van der Waals surface area contributed by atoms with Crippen molar-refractivity contribution in [2.75, 3.05) is 11.4 Å². The zero-order valence-electron chi connectivity index (χ0n) is 13.5. The molecule has 114 valence electrons. The molecule has 0 radical (unpaired) electrons. The van der Waals surface area contributed by atoms with E-state index in [1.807, 2.05) is 19.9 Å². The van der Waals surface area contributed by atoms with Gasteiger partial charge in [0, 0.05) is 24.3 Å². The van der Waals surface area contributed by atoms with E-state index in [9.17, 15) is 4.39 Å². The van der Waals surface area contributed by atoms with Gasteiger partial charge in [0.2, 0.25) is 0 Å². The van der Waals surface area contributed by atoms with Crippen molar-refractivity contribution in [2.24, 2.45) is 5.73 Å². The van der Waals surface area contributed by atoms with Crippen LogP contribution in [0, 0.1) is 12.7 Å². The number of nitrogens with zero attached hydrogens (tertiary/aromatic N) is 1. The predicted molar refractivity (Wildman–Crippen MR) is 85.7 cm³/mol. The minimum absolute atomic E-state index is 0.160. The standard InChI is InChI=1S/C17H29FN2/c1-6-7-8-9-20(12(2)3)17-10-13(4)16(18)11-15(17)14(5)19/h10-12,14H,6-9,19H2,1-5H3/t14-/m0/s1. The van der Waals surface area contributed by atoms with Crippen LogP contribution in [0.3, 0.4) is 0 Å². The number of hydrogen-bond donors (Lipinski definition) is 1. The molecule has 1 aromatic rings. The third-order valence-corrected chi connectivity index (χ3v) is 3.73. The van der Waals surface area contributed by atoms with E-state index in [-0.39, 0.29) is 11.9 Å². The Morgan fingerprint density at radius 2 is 1.85 bits per heavy atom. The molecule has 0 saturated heterocycles. The SMILES string of the molecule is CCCCCN(c1cc(C)c(F)cc1[C@H](C)N)C(C)C. The number of rotatable bonds is 7. The highest BCUT2D eigenvalue weighted by atomic mass is 19.1. The second-order valence-electron chi connectivity index (χ2n) is 5.94. The molecule has 0 heterocycles. The Hall–Kier alpha value is -1.09. The minimum Gasteiger partial charge on any atom is -0.369 e. The van der Waals surface area contributed by atoms with Crippen LogP contribution >= 0.6 is 0 Å². The van der Waals surface area contributed by atoms with Gasteiger partial charge in [-0.3, -0.25) is 0 Å². The molecule has 0 fully saturated rings. The number of nitrogens with two attached hydrogens (primary N) is 1. The van der Waals surface area contributed by atoms with Gasteiger partial charge in [0.05, 0.1) is 0 Å². The Labute approximate surface area is 123 Å². The van der Waals surface area contributed by atoms with Crippen LogP contribution in [0.4, 0.5) is 10.1 Å². The quantitative estimate of drug-likeness (QED) is 0.742. The van der Waals surface area contributed by atoms with Crippen LogP contribution in [-0.2, 0) is 0 Å². The summed E-state index contributed by atoms with van der Waals surface area (Å²) < 4.78 is 13.8. The van der Waals surface area contributed by atoms with Gasteiger partial charge < -0.3 is 10.6 Å². The number of benzene rings is 1. The van der Waals surface area contributed by atoms with Gasteiger partial charge >= 0.3 is 0 Å². The zero-order chi connectivity index (χ0) is 15.3. The summed E-state index contributed by atoms with van der Waals surface area (Å²) in [5, 5.41) is 0. The van der Waals surface area contributed by atoms with Gasteiger partial charge in [-0.2, -0.15) is 0 Å². The fraction of sp³-hybridized carbons (Fsp3) is 0.647. The van der Waals surface area contributed by atoms with Crippen LogP contribution < -0.4 is 10.6 Å². The topological polar surface area (TPSA) is 29.3 Å². The molecule has 3 heteroatoms. The Kier molecular flexibility index (Phi) is 6.47. The summed E-state index contributed by atoms with van der Waals surface area (Å²) in [4.78, 5) is 2.35. The van der Waals surface area contributed by atoms with Crippen LogP contribution in [0.15, 0.2) is 12.1 Å². The van der Waals surface area contributed by atoms with Gasteiger partial charge in [-0.1, -0.05) is 19.8 Å². The predicted octanol–water partition coefficient (Wildman–Crippen LogP) is 4.56. The maximum absolute atomic E-state index is 13.8. The summed E-state index contributed by atoms with van der Waals surface area (Å²) in [6, 6.07) is 3.77. The summed E-state index contributed by atoms with van der Waals surface area (Å²) in [5.41, 5.74) is 8.71. The van der Waals surface area contributed by atoms with Crippen LogP contribution in [0.2, 0.25) is 0 Å². The molecule has 1 atom stereocenters. The molecule has 0 saturated carbocycles. The maximum Gasteiger partial charge on any atom is 0.126 e. The largest absolute Gasteiger partial charge is 0.369 e. The van der Waals surface area contributed by atoms with Gasteiger partial charge in [0.25, 0.3) is 0 Å². The molecule has 0 aromatic heterocycles. The van der Waals surface area contributed by atoms with E-state index in [1.165, 1.54) is 12.8 Å². The van der Waals surface area contributed by atoms with E-state index in [4.69, 9.17) is 5.73 Å². The molecule has 1 rings (SSSR count). The molecular formula is C17H29FN2. The maximum atomic E-state index is 13.8. The van der Waals surface area contributed by atoms with E-state index < -0.39 is 0 Å². The van der Waals surface area contributed by atoms with E-state index in [1.54, 1.807) is 6.07 Å². The normalized spacial score (nSPS) is 12.8. The molecular weight excluding hydrogens is 251 g/mol. The molecule has 2 nitrogen and oxygen atoms in total. The molecule has 0 unspecified atom stereocenters. The van der Waals surface area contributed by atoms with Gasteiger partial charge in [-0.25, -0.2) is 4.39 Å². The molecule has 0 aliphatic rings. The van der Waals surface area contributed by atoms with Crippen molar-refractivity contribution in [1.82, 2.24) is 0 Å². The number of anilines is 1. The fourth-order valence-corrected chi connectivity index (χ4v) is 2.48. The van der Waals surface area contributed by atoms with Gasteiger partial charge in [0.1, 0.15) is 5.82 Å². The van der Waals surface area contributed by atoms with Crippen LogP contribution in [0.1, 0.15) is 64.1 Å². The lowest BCUT2D eigenvalue weighted by Gasteiger charge is -2.32. The van der Waals surface area contributed by atoms with Crippen LogP contribution in [0.5, 0.6) is 0 Å². The van der Waals surface area contributed by atoms with E-state index in [0.29, 0.717) is 11.6 Å². The van der Waals surface area contributed by atoms with Gasteiger partial charge in [-0.05, 0) is 57.4 Å². The Morgan fingerprint density at radius 1 is 1.20 bits per heavy atom. The molecule has 0 spiro atoms. The van der Waals surface area contributed by atoms with Gasteiger partial charge in [0.15, 0.2) is 0 Å². The van der Waals surface area contributed by atoms with E-state index in [2.05, 4.69) is 25.7 Å². The second-order valence-corrected chi connectivity index (χ2v) is 5.94. The van der Waals surface area contributed by atoms with Crippen molar-refractivity contribution < 1.29 is 4.39 Å². The van der Waals surface area contributed by atoms with E-state index in [0.717, 1.165) is 24.2 Å². The third-order valence-electron chi connectivity index (χ3n) is 3.73. The van der Waals surface area contributed by atoms with Gasteiger partial charge in [-0.15, -0.1) is 0 Å². The Morgan fingerprint density at radius 3 is 2.35 bits per heavy atom. The molecule has 0 aliphatic carbocycles. The minimum atomic E-state index is -0.168. The lowest BCUT2D eigenvalue weighted by Crippen LogP contribution is -2.33. The lowest BCUT2D eigenvalue weighted by molar-refractivity contribution is 0.602. The van der Waals surface area contributed by atoms with Crippen molar-refractivity contribution in [3.05, 3.63) is 29.1 Å². The third kappa shape index (κ3) is 4.20. The lowest BCUT2D eigenvalue weighted by atomic mass is 10.0. The number of hydrogen-bond acceptors (Lipinski definition) is 2. The average molecular weight is 280 g/mol. The Balaban J connectivity index is 3.14. The van der Waals surface area contributed by atoms with Crippen molar-refractivity contribution in [3.63, 3.8) is 0 Å². The Bertz CT molecular complexity index is 427.